The first-order chi connectivity index (χ1) is 9.70. The van der Waals surface area contributed by atoms with E-state index in [0.29, 0.717) is 24.2 Å². The van der Waals surface area contributed by atoms with E-state index in [1.165, 1.54) is 0 Å². The van der Waals surface area contributed by atoms with E-state index < -0.39 is 0 Å². The number of H-pyrrole nitrogens is 1. The van der Waals surface area contributed by atoms with Gasteiger partial charge in [-0.05, 0) is 24.6 Å². The summed E-state index contributed by atoms with van der Waals surface area (Å²) in [6.07, 6.45) is 2.39. The Hall–Kier alpha value is -1.66. The van der Waals surface area contributed by atoms with Crippen LogP contribution in [-0.4, -0.2) is 28.3 Å². The van der Waals surface area contributed by atoms with Gasteiger partial charge in [0.15, 0.2) is 0 Å². The van der Waals surface area contributed by atoms with Gasteiger partial charge < -0.3 is 9.72 Å². The van der Waals surface area contributed by atoms with Crippen LogP contribution in [0.25, 0.3) is 21.9 Å². The van der Waals surface area contributed by atoms with Crippen molar-refractivity contribution >= 4 is 37.9 Å². The third-order valence-electron chi connectivity index (χ3n) is 3.28. The highest BCUT2D eigenvalue weighted by molar-refractivity contribution is 9.10. The maximum absolute atomic E-state index is 12.4. The third kappa shape index (κ3) is 2.25. The summed E-state index contributed by atoms with van der Waals surface area (Å²) < 4.78 is 7.59. The van der Waals surface area contributed by atoms with Crippen molar-refractivity contribution in [3.8, 4) is 0 Å². The number of aromatic nitrogens is 3. The summed E-state index contributed by atoms with van der Waals surface area (Å²) in [5.41, 5.74) is 2.15. The molecule has 3 rings (SSSR count). The molecule has 0 aliphatic rings. The van der Waals surface area contributed by atoms with Crippen molar-refractivity contribution in [1.82, 2.24) is 14.5 Å². The van der Waals surface area contributed by atoms with E-state index in [1.54, 1.807) is 18.0 Å². The highest BCUT2D eigenvalue weighted by atomic mass is 79.9. The predicted molar refractivity (Wildman–Crippen MR) is 82.1 cm³/mol. The number of aromatic amines is 1. The number of ether oxygens (including phenoxy) is 1. The van der Waals surface area contributed by atoms with Crippen LogP contribution in [0.4, 0.5) is 0 Å². The maximum atomic E-state index is 12.4. The third-order valence-corrected chi connectivity index (χ3v) is 3.77. The average molecular weight is 336 g/mol. The van der Waals surface area contributed by atoms with E-state index in [0.717, 1.165) is 21.8 Å². The van der Waals surface area contributed by atoms with Gasteiger partial charge in [-0.25, -0.2) is 4.98 Å². The quantitative estimate of drug-likeness (QED) is 0.745. The Morgan fingerprint density at radius 3 is 3.10 bits per heavy atom. The molecule has 104 valence electrons. The zero-order valence-corrected chi connectivity index (χ0v) is 12.6. The van der Waals surface area contributed by atoms with Crippen LogP contribution in [-0.2, 0) is 11.3 Å². The predicted octanol–water partition coefficient (Wildman–Crippen LogP) is 2.68. The number of fused-ring (bicyclic) bond motifs is 3. The number of rotatable bonds is 4. The lowest BCUT2D eigenvalue weighted by Crippen LogP contribution is -2.21. The Morgan fingerprint density at radius 1 is 1.45 bits per heavy atom. The Balaban J connectivity index is 2.13. The Bertz CT molecular complexity index is 822. The molecular formula is C14H14BrN3O2. The molecule has 20 heavy (non-hydrogen) atoms. The second-order valence-corrected chi connectivity index (χ2v) is 5.54. The van der Waals surface area contributed by atoms with Gasteiger partial charge in [-0.3, -0.25) is 9.36 Å². The molecule has 1 aromatic carbocycles. The molecule has 2 heterocycles. The van der Waals surface area contributed by atoms with Gasteiger partial charge in [0.25, 0.3) is 5.56 Å². The summed E-state index contributed by atoms with van der Waals surface area (Å²) in [5.74, 6) is 0. The molecule has 0 radical (unpaired) electrons. The number of benzene rings is 1. The van der Waals surface area contributed by atoms with Crippen molar-refractivity contribution in [2.45, 2.75) is 13.0 Å². The van der Waals surface area contributed by atoms with Gasteiger partial charge in [0.05, 0.1) is 6.33 Å². The average Bonchev–Trinajstić information content (AvgIpc) is 2.80. The van der Waals surface area contributed by atoms with Crippen LogP contribution >= 0.6 is 15.9 Å². The Kier molecular flexibility index (Phi) is 3.58. The van der Waals surface area contributed by atoms with Crippen molar-refractivity contribution in [2.24, 2.45) is 0 Å². The molecule has 0 saturated carbocycles. The van der Waals surface area contributed by atoms with Crippen molar-refractivity contribution in [2.75, 3.05) is 13.7 Å². The fraction of sp³-hybridized carbons (Fsp3) is 0.286. The molecular weight excluding hydrogens is 322 g/mol. The smallest absolute Gasteiger partial charge is 0.277 e. The van der Waals surface area contributed by atoms with Crippen LogP contribution in [0.1, 0.15) is 6.42 Å². The lowest BCUT2D eigenvalue weighted by Gasteiger charge is -2.04. The maximum Gasteiger partial charge on any atom is 0.277 e. The van der Waals surface area contributed by atoms with Crippen LogP contribution in [0.3, 0.4) is 0 Å². The molecule has 3 aromatic rings. The van der Waals surface area contributed by atoms with Gasteiger partial charge >= 0.3 is 0 Å². The molecule has 5 nitrogen and oxygen atoms in total. The van der Waals surface area contributed by atoms with Crippen LogP contribution in [0, 0.1) is 0 Å². The zero-order chi connectivity index (χ0) is 14.1. The molecule has 0 aliphatic heterocycles. The lowest BCUT2D eigenvalue weighted by molar-refractivity contribution is 0.190. The van der Waals surface area contributed by atoms with Gasteiger partial charge in [-0.1, -0.05) is 15.9 Å². The molecule has 6 heteroatoms. The fourth-order valence-corrected chi connectivity index (χ4v) is 2.66. The van der Waals surface area contributed by atoms with Gasteiger partial charge in [-0.15, -0.1) is 0 Å². The summed E-state index contributed by atoms with van der Waals surface area (Å²) in [7, 11) is 1.65. The minimum Gasteiger partial charge on any atom is -0.385 e. The second-order valence-electron chi connectivity index (χ2n) is 4.63. The monoisotopic (exact) mass is 335 g/mol. The normalized spacial score (nSPS) is 11.5. The fourth-order valence-electron chi connectivity index (χ4n) is 2.30. The van der Waals surface area contributed by atoms with Gasteiger partial charge in [-0.2, -0.15) is 0 Å². The molecule has 0 amide bonds. The Labute approximate surface area is 123 Å². The molecule has 0 bridgehead atoms. The molecule has 0 unspecified atom stereocenters. The molecule has 2 aromatic heterocycles. The molecule has 0 spiro atoms. The van der Waals surface area contributed by atoms with E-state index in [2.05, 4.69) is 25.9 Å². The standard InChI is InChI=1S/C14H14BrN3O2/c1-20-6-2-5-18-8-16-12-10-7-9(15)3-4-11(10)17-13(12)14(18)19/h3-4,7-8,17H,2,5-6H2,1H3. The number of hydrogen-bond donors (Lipinski definition) is 1. The highest BCUT2D eigenvalue weighted by Crippen LogP contribution is 2.24. The number of halogens is 1. The van der Waals surface area contributed by atoms with Crippen LogP contribution in [0.5, 0.6) is 0 Å². The molecule has 1 N–H and O–H groups in total. The molecule has 0 fully saturated rings. The van der Waals surface area contributed by atoms with E-state index in [9.17, 15) is 4.79 Å². The molecule has 0 saturated heterocycles. The summed E-state index contributed by atoms with van der Waals surface area (Å²) in [4.78, 5) is 20.0. The zero-order valence-electron chi connectivity index (χ0n) is 11.0. The van der Waals surface area contributed by atoms with Crippen LogP contribution < -0.4 is 5.56 Å². The summed E-state index contributed by atoms with van der Waals surface area (Å²) in [6.45, 7) is 1.23. The first-order valence-electron chi connectivity index (χ1n) is 6.36. The van der Waals surface area contributed by atoms with E-state index >= 15 is 0 Å². The largest absolute Gasteiger partial charge is 0.385 e. The summed E-state index contributed by atoms with van der Waals surface area (Å²) >= 11 is 3.44. The van der Waals surface area contributed by atoms with Crippen LogP contribution in [0.2, 0.25) is 0 Å². The molecule has 0 atom stereocenters. The van der Waals surface area contributed by atoms with Gasteiger partial charge in [0.2, 0.25) is 0 Å². The van der Waals surface area contributed by atoms with E-state index in [4.69, 9.17) is 4.74 Å². The highest BCUT2D eigenvalue weighted by Gasteiger charge is 2.10. The number of nitrogens with one attached hydrogen (secondary N) is 1. The number of nitrogens with zero attached hydrogens (tertiary/aromatic N) is 2. The SMILES string of the molecule is COCCCn1cnc2c([nH]c3ccc(Br)cc32)c1=O. The van der Waals surface area contributed by atoms with Gasteiger partial charge in [0, 0.05) is 35.6 Å². The topological polar surface area (TPSA) is 59.9 Å². The first-order valence-corrected chi connectivity index (χ1v) is 7.15. The van der Waals surface area contributed by atoms with Crippen LogP contribution in [0.15, 0.2) is 33.8 Å². The molecule has 0 aliphatic carbocycles. The van der Waals surface area contributed by atoms with E-state index in [1.807, 2.05) is 18.2 Å². The Morgan fingerprint density at radius 2 is 2.30 bits per heavy atom. The van der Waals surface area contributed by atoms with Crippen molar-refractivity contribution < 1.29 is 4.74 Å². The minimum absolute atomic E-state index is 0.0431. The first kappa shape index (κ1) is 13.3. The number of aryl methyl sites for hydroxylation is 1. The second kappa shape index (κ2) is 5.38. The van der Waals surface area contributed by atoms with Crippen molar-refractivity contribution in [3.63, 3.8) is 0 Å². The summed E-state index contributed by atoms with van der Waals surface area (Å²) in [6, 6.07) is 5.85. The van der Waals surface area contributed by atoms with E-state index in [-0.39, 0.29) is 5.56 Å². The number of methoxy groups -OCH3 is 1. The lowest BCUT2D eigenvalue weighted by atomic mass is 10.2. The van der Waals surface area contributed by atoms with Gasteiger partial charge in [0.1, 0.15) is 11.0 Å². The van der Waals surface area contributed by atoms with Crippen molar-refractivity contribution in [1.29, 1.82) is 0 Å². The van der Waals surface area contributed by atoms with Crippen molar-refractivity contribution in [3.05, 3.63) is 39.4 Å². The number of hydrogen-bond acceptors (Lipinski definition) is 3. The minimum atomic E-state index is -0.0431. The summed E-state index contributed by atoms with van der Waals surface area (Å²) in [5, 5.41) is 0.954.